The van der Waals surface area contributed by atoms with Gasteiger partial charge in [-0.2, -0.15) is 0 Å². The van der Waals surface area contributed by atoms with Gasteiger partial charge in [0.15, 0.2) is 6.61 Å². The van der Waals surface area contributed by atoms with E-state index in [1.807, 2.05) is 0 Å². The van der Waals surface area contributed by atoms with Gasteiger partial charge in [0, 0.05) is 11.3 Å². The highest BCUT2D eigenvalue weighted by Crippen LogP contribution is 2.21. The molecule has 2 aromatic rings. The van der Waals surface area contributed by atoms with E-state index < -0.39 is 24.4 Å². The molecule has 1 aromatic heterocycles. The lowest BCUT2D eigenvalue weighted by molar-refractivity contribution is -0.119. The standard InChI is InChI=1S/C14H11ClN2O4S/c15-11-6-5-10(22-11)14(20)21-7-12(18)17-9-3-1-8(2-4-9)13(16)19/h1-6H,7H2,(H2,16,19)(H,17,18). The predicted molar refractivity (Wildman–Crippen MR) is 83.2 cm³/mol. The molecule has 2 amide bonds. The molecular formula is C14H11ClN2O4S. The normalized spacial score (nSPS) is 10.0. The Morgan fingerprint density at radius 3 is 2.36 bits per heavy atom. The largest absolute Gasteiger partial charge is 0.451 e. The maximum absolute atomic E-state index is 11.7. The van der Waals surface area contributed by atoms with Crippen LogP contribution >= 0.6 is 22.9 Å². The molecule has 114 valence electrons. The summed E-state index contributed by atoms with van der Waals surface area (Å²) in [5, 5.41) is 2.53. The lowest BCUT2D eigenvalue weighted by Gasteiger charge is -2.06. The molecule has 2 rings (SSSR count). The number of hydrogen-bond donors (Lipinski definition) is 2. The van der Waals surface area contributed by atoms with Crippen molar-refractivity contribution in [2.24, 2.45) is 5.73 Å². The number of thiophene rings is 1. The molecule has 0 aliphatic heterocycles. The molecule has 0 saturated heterocycles. The van der Waals surface area contributed by atoms with E-state index in [9.17, 15) is 14.4 Å². The molecule has 0 spiro atoms. The van der Waals surface area contributed by atoms with Crippen LogP contribution in [0.25, 0.3) is 0 Å². The molecule has 8 heteroatoms. The van der Waals surface area contributed by atoms with E-state index in [0.717, 1.165) is 11.3 Å². The molecule has 0 aliphatic rings. The van der Waals surface area contributed by atoms with Crippen LogP contribution in [0, 0.1) is 0 Å². The van der Waals surface area contributed by atoms with E-state index in [4.69, 9.17) is 22.1 Å². The summed E-state index contributed by atoms with van der Waals surface area (Å²) in [5.41, 5.74) is 5.91. The molecule has 1 heterocycles. The second kappa shape index (κ2) is 7.06. The lowest BCUT2D eigenvalue weighted by atomic mass is 10.2. The minimum Gasteiger partial charge on any atom is -0.451 e. The fourth-order valence-corrected chi connectivity index (χ4v) is 2.48. The van der Waals surface area contributed by atoms with Gasteiger partial charge < -0.3 is 15.8 Å². The Morgan fingerprint density at radius 2 is 1.82 bits per heavy atom. The summed E-state index contributed by atoms with van der Waals surface area (Å²) in [7, 11) is 0. The molecule has 1 aromatic carbocycles. The minimum atomic E-state index is -0.615. The number of rotatable bonds is 5. The van der Waals surface area contributed by atoms with Crippen molar-refractivity contribution in [1.29, 1.82) is 0 Å². The van der Waals surface area contributed by atoms with Gasteiger partial charge in [0.2, 0.25) is 5.91 Å². The van der Waals surface area contributed by atoms with Crippen molar-refractivity contribution in [3.05, 3.63) is 51.2 Å². The number of nitrogens with two attached hydrogens (primary N) is 1. The van der Waals surface area contributed by atoms with Crippen LogP contribution in [0.1, 0.15) is 20.0 Å². The highest BCUT2D eigenvalue weighted by molar-refractivity contribution is 7.17. The van der Waals surface area contributed by atoms with Gasteiger partial charge in [-0.3, -0.25) is 9.59 Å². The van der Waals surface area contributed by atoms with Crippen LogP contribution in [-0.2, 0) is 9.53 Å². The summed E-state index contributed by atoms with van der Waals surface area (Å²) >= 11 is 6.78. The zero-order valence-electron chi connectivity index (χ0n) is 11.2. The summed E-state index contributed by atoms with van der Waals surface area (Å²) in [4.78, 5) is 34.5. The van der Waals surface area contributed by atoms with Crippen LogP contribution in [0.15, 0.2) is 36.4 Å². The van der Waals surface area contributed by atoms with Gasteiger partial charge in [-0.15, -0.1) is 11.3 Å². The second-order valence-electron chi connectivity index (χ2n) is 4.17. The average molecular weight is 339 g/mol. The molecule has 0 aliphatic carbocycles. The van der Waals surface area contributed by atoms with E-state index in [1.165, 1.54) is 30.3 Å². The van der Waals surface area contributed by atoms with E-state index in [0.29, 0.717) is 20.5 Å². The van der Waals surface area contributed by atoms with Crippen molar-refractivity contribution in [3.63, 3.8) is 0 Å². The van der Waals surface area contributed by atoms with Gasteiger partial charge >= 0.3 is 5.97 Å². The first-order chi connectivity index (χ1) is 10.5. The van der Waals surface area contributed by atoms with Gasteiger partial charge in [-0.1, -0.05) is 11.6 Å². The number of halogens is 1. The number of ether oxygens (including phenoxy) is 1. The predicted octanol–water partition coefficient (Wildman–Crippen LogP) is 2.30. The quantitative estimate of drug-likeness (QED) is 0.817. The van der Waals surface area contributed by atoms with Gasteiger partial charge in [-0.25, -0.2) is 4.79 Å². The van der Waals surface area contributed by atoms with Crippen LogP contribution in [0.5, 0.6) is 0 Å². The molecule has 6 nitrogen and oxygen atoms in total. The maximum atomic E-state index is 11.7. The van der Waals surface area contributed by atoms with Crippen molar-refractivity contribution in [2.75, 3.05) is 11.9 Å². The Hall–Kier alpha value is -2.38. The lowest BCUT2D eigenvalue weighted by Crippen LogP contribution is -2.20. The van der Waals surface area contributed by atoms with Crippen LogP contribution in [0.2, 0.25) is 4.34 Å². The number of nitrogens with one attached hydrogen (secondary N) is 1. The summed E-state index contributed by atoms with van der Waals surface area (Å²) in [6, 6.07) is 9.12. The topological polar surface area (TPSA) is 98.5 Å². The van der Waals surface area contributed by atoms with Crippen LogP contribution < -0.4 is 11.1 Å². The number of carbonyl (C=O) groups excluding carboxylic acids is 3. The molecular weight excluding hydrogens is 328 g/mol. The fraction of sp³-hybridized carbons (Fsp3) is 0.0714. The van der Waals surface area contributed by atoms with E-state index in [2.05, 4.69) is 5.32 Å². The number of hydrogen-bond acceptors (Lipinski definition) is 5. The zero-order chi connectivity index (χ0) is 16.1. The number of esters is 1. The van der Waals surface area contributed by atoms with E-state index in [-0.39, 0.29) is 0 Å². The van der Waals surface area contributed by atoms with Crippen LogP contribution in [-0.4, -0.2) is 24.4 Å². The first-order valence-electron chi connectivity index (χ1n) is 6.08. The van der Waals surface area contributed by atoms with Crippen molar-refractivity contribution < 1.29 is 19.1 Å². The van der Waals surface area contributed by atoms with Gasteiger partial charge in [-0.05, 0) is 36.4 Å². The van der Waals surface area contributed by atoms with Gasteiger partial charge in [0.05, 0.1) is 4.34 Å². The summed E-state index contributed by atoms with van der Waals surface area (Å²) in [5.74, 6) is -1.67. The Bertz CT molecular complexity index is 712. The molecule has 22 heavy (non-hydrogen) atoms. The summed E-state index contributed by atoms with van der Waals surface area (Å²) < 4.78 is 5.33. The molecule has 0 radical (unpaired) electrons. The highest BCUT2D eigenvalue weighted by atomic mass is 35.5. The van der Waals surface area contributed by atoms with Crippen molar-refractivity contribution >= 4 is 46.4 Å². The Kier molecular flexibility index (Phi) is 5.13. The SMILES string of the molecule is NC(=O)c1ccc(NC(=O)COC(=O)c2ccc(Cl)s2)cc1. The third kappa shape index (κ3) is 4.31. The van der Waals surface area contributed by atoms with E-state index in [1.54, 1.807) is 6.07 Å². The van der Waals surface area contributed by atoms with Gasteiger partial charge in [0.25, 0.3) is 5.91 Å². The number of carbonyl (C=O) groups is 3. The first-order valence-corrected chi connectivity index (χ1v) is 7.27. The number of benzene rings is 1. The third-order valence-electron chi connectivity index (χ3n) is 2.56. The molecule has 0 atom stereocenters. The number of primary amides is 1. The zero-order valence-corrected chi connectivity index (χ0v) is 12.7. The Balaban J connectivity index is 1.85. The van der Waals surface area contributed by atoms with Crippen molar-refractivity contribution in [2.45, 2.75) is 0 Å². The summed E-state index contributed by atoms with van der Waals surface area (Å²) in [6.07, 6.45) is 0. The smallest absolute Gasteiger partial charge is 0.348 e. The number of amides is 2. The average Bonchev–Trinajstić information content (AvgIpc) is 2.92. The monoisotopic (exact) mass is 338 g/mol. The van der Waals surface area contributed by atoms with Gasteiger partial charge in [0.1, 0.15) is 4.88 Å². The Labute approximate surface area is 134 Å². The number of anilines is 1. The molecule has 0 bridgehead atoms. The second-order valence-corrected chi connectivity index (χ2v) is 5.88. The minimum absolute atomic E-state index is 0.323. The first kappa shape index (κ1) is 16.0. The Morgan fingerprint density at radius 1 is 1.14 bits per heavy atom. The molecule has 0 unspecified atom stereocenters. The summed E-state index contributed by atoms with van der Waals surface area (Å²) in [6.45, 7) is -0.425. The maximum Gasteiger partial charge on any atom is 0.348 e. The highest BCUT2D eigenvalue weighted by Gasteiger charge is 2.12. The van der Waals surface area contributed by atoms with Crippen molar-refractivity contribution in [3.8, 4) is 0 Å². The van der Waals surface area contributed by atoms with Crippen LogP contribution in [0.4, 0.5) is 5.69 Å². The van der Waals surface area contributed by atoms with Crippen molar-refractivity contribution in [1.82, 2.24) is 0 Å². The molecule has 3 N–H and O–H groups in total. The third-order valence-corrected chi connectivity index (χ3v) is 3.77. The van der Waals surface area contributed by atoms with Crippen LogP contribution in [0.3, 0.4) is 0 Å². The molecule has 0 saturated carbocycles. The molecule has 0 fully saturated rings. The fourth-order valence-electron chi connectivity index (χ4n) is 1.54. The van der Waals surface area contributed by atoms with E-state index >= 15 is 0 Å².